The number of fused-ring (bicyclic) bond motifs is 3. The number of ether oxygens (including phenoxy) is 2. The third-order valence-corrected chi connectivity index (χ3v) is 9.80. The van der Waals surface area contributed by atoms with Crippen LogP contribution in [0.25, 0.3) is 11.1 Å². The van der Waals surface area contributed by atoms with Crippen molar-refractivity contribution in [1.29, 1.82) is 0 Å². The van der Waals surface area contributed by atoms with Gasteiger partial charge < -0.3 is 0 Å². The Hall–Kier alpha value is -4.65. The van der Waals surface area contributed by atoms with Crippen molar-refractivity contribution in [1.82, 2.24) is 15.6 Å². The van der Waals surface area contributed by atoms with Crippen LogP contribution in [-0.2, 0) is 22.5 Å². The van der Waals surface area contributed by atoms with E-state index in [1.165, 1.54) is 22.3 Å². The molecule has 4 aromatic carbocycles. The zero-order valence-electron chi connectivity index (χ0n) is 24.3. The standard InChI is InChI=1S/C36H33N3O4Se/c1-24(37-35(40)43-22-31-29-18-10-8-16-27(29)28-17-9-11-19-30(28)31)33-23-44-34(38-33)32(20-25-12-4-2-5-13-25)39-36(41)42-21-26-14-6-3-7-15-26/h2-19,23-24,31-32H,20-22H2,1H3,(H,37,40)(H,39,41)/t24-,32-/m0/s1. The van der Waals surface area contributed by atoms with Crippen molar-refractivity contribution in [2.75, 3.05) is 6.61 Å². The molecule has 0 bridgehead atoms. The number of amides is 2. The number of benzene rings is 4. The summed E-state index contributed by atoms with van der Waals surface area (Å²) in [5.74, 6) is -0.00595. The molecule has 1 aliphatic carbocycles. The molecule has 8 heteroatoms. The summed E-state index contributed by atoms with van der Waals surface area (Å²) in [6.07, 6.45) is -0.400. The number of aromatic nitrogens is 1. The van der Waals surface area contributed by atoms with Crippen LogP contribution in [0.3, 0.4) is 0 Å². The molecule has 7 nitrogen and oxygen atoms in total. The van der Waals surface area contributed by atoms with Gasteiger partial charge in [-0.1, -0.05) is 0 Å². The van der Waals surface area contributed by atoms with Crippen LogP contribution < -0.4 is 10.6 Å². The molecule has 2 atom stereocenters. The van der Waals surface area contributed by atoms with Crippen molar-refractivity contribution >= 4 is 26.7 Å². The van der Waals surface area contributed by atoms with Crippen LogP contribution in [0.1, 0.15) is 57.4 Å². The van der Waals surface area contributed by atoms with E-state index in [9.17, 15) is 9.59 Å². The number of nitrogens with one attached hydrogen (secondary N) is 2. The molecule has 2 N–H and O–H groups in total. The number of rotatable bonds is 10. The van der Waals surface area contributed by atoms with Gasteiger partial charge in [0.25, 0.3) is 0 Å². The minimum atomic E-state index is -0.494. The predicted molar refractivity (Wildman–Crippen MR) is 170 cm³/mol. The Morgan fingerprint density at radius 2 is 1.32 bits per heavy atom. The Morgan fingerprint density at radius 1 is 0.750 bits per heavy atom. The summed E-state index contributed by atoms with van der Waals surface area (Å²) in [6.45, 7) is 2.33. The van der Waals surface area contributed by atoms with Gasteiger partial charge in [0.05, 0.1) is 0 Å². The molecular weight excluding hydrogens is 617 g/mol. The van der Waals surface area contributed by atoms with Crippen molar-refractivity contribution in [3.05, 3.63) is 147 Å². The van der Waals surface area contributed by atoms with Crippen LogP contribution in [-0.4, -0.2) is 38.3 Å². The van der Waals surface area contributed by atoms with Gasteiger partial charge in [-0.15, -0.1) is 0 Å². The second-order valence-electron chi connectivity index (χ2n) is 10.8. The first-order valence-corrected chi connectivity index (χ1v) is 16.5. The molecule has 1 heterocycles. The molecule has 2 amide bonds. The quantitative estimate of drug-likeness (QED) is 0.160. The molecule has 0 unspecified atom stereocenters. The van der Waals surface area contributed by atoms with Gasteiger partial charge in [0, 0.05) is 0 Å². The summed E-state index contributed by atoms with van der Waals surface area (Å²) in [7, 11) is 0. The minimum absolute atomic E-state index is 0.00595. The van der Waals surface area contributed by atoms with E-state index in [0.29, 0.717) is 6.42 Å². The molecule has 0 aliphatic heterocycles. The molecule has 0 radical (unpaired) electrons. The van der Waals surface area contributed by atoms with Gasteiger partial charge in [-0.2, -0.15) is 0 Å². The SMILES string of the molecule is C[C@H](NC(=O)OCC1c2ccccc2-c2ccccc21)c1c[se]c([C@H](Cc2ccccc2)NC(=O)OCc2ccccc2)n1. The molecule has 1 aliphatic rings. The zero-order chi connectivity index (χ0) is 30.3. The number of nitrogens with zero attached hydrogens (tertiary/aromatic N) is 1. The molecule has 5 aromatic rings. The predicted octanol–water partition coefficient (Wildman–Crippen LogP) is 6.95. The summed E-state index contributed by atoms with van der Waals surface area (Å²) >= 11 is -0.0986. The third kappa shape index (κ3) is 6.94. The number of carbonyl (C=O) groups is 2. The Labute approximate surface area is 263 Å². The Balaban J connectivity index is 1.09. The molecule has 0 saturated carbocycles. The van der Waals surface area contributed by atoms with Crippen LogP contribution in [0.5, 0.6) is 0 Å². The van der Waals surface area contributed by atoms with Crippen LogP contribution in [0.15, 0.2) is 114 Å². The van der Waals surface area contributed by atoms with Crippen LogP contribution in [0.2, 0.25) is 0 Å². The van der Waals surface area contributed by atoms with Gasteiger partial charge >= 0.3 is 264 Å². The number of alkyl carbamates (subject to hydrolysis) is 2. The van der Waals surface area contributed by atoms with Gasteiger partial charge in [-0.25, -0.2) is 0 Å². The zero-order valence-corrected chi connectivity index (χ0v) is 26.0. The third-order valence-electron chi connectivity index (χ3n) is 7.75. The summed E-state index contributed by atoms with van der Waals surface area (Å²) in [4.78, 5) is 32.6. The van der Waals surface area contributed by atoms with Gasteiger partial charge in [-0.3, -0.25) is 0 Å². The van der Waals surface area contributed by atoms with Crippen LogP contribution >= 0.6 is 0 Å². The van der Waals surface area contributed by atoms with Crippen molar-refractivity contribution < 1.29 is 19.1 Å². The summed E-state index contributed by atoms with van der Waals surface area (Å²) in [5.41, 5.74) is 7.47. The Kier molecular flexibility index (Phi) is 9.20. The van der Waals surface area contributed by atoms with E-state index in [1.807, 2.05) is 96.8 Å². The van der Waals surface area contributed by atoms with Gasteiger partial charge in [0.15, 0.2) is 0 Å². The fourth-order valence-electron chi connectivity index (χ4n) is 5.51. The maximum atomic E-state index is 12.9. The average molecular weight is 651 g/mol. The van der Waals surface area contributed by atoms with E-state index in [4.69, 9.17) is 14.5 Å². The van der Waals surface area contributed by atoms with Gasteiger partial charge in [0.1, 0.15) is 0 Å². The summed E-state index contributed by atoms with van der Waals surface area (Å²) < 4.78 is 12.1. The fraction of sp³-hybridized carbons (Fsp3) is 0.194. The van der Waals surface area contributed by atoms with E-state index in [1.54, 1.807) is 0 Å². The summed E-state index contributed by atoms with van der Waals surface area (Å²) in [6, 6.07) is 35.4. The second kappa shape index (κ2) is 13.8. The Morgan fingerprint density at radius 3 is 1.98 bits per heavy atom. The van der Waals surface area contributed by atoms with E-state index < -0.39 is 12.2 Å². The van der Waals surface area contributed by atoms with E-state index in [-0.39, 0.29) is 45.7 Å². The average Bonchev–Trinajstić information content (AvgIpc) is 3.67. The monoisotopic (exact) mass is 651 g/mol. The maximum absolute atomic E-state index is 12.9. The van der Waals surface area contributed by atoms with Crippen LogP contribution in [0.4, 0.5) is 9.59 Å². The van der Waals surface area contributed by atoms with Crippen molar-refractivity contribution in [3.63, 3.8) is 0 Å². The van der Waals surface area contributed by atoms with Crippen LogP contribution in [0, 0.1) is 0 Å². The molecule has 0 saturated heterocycles. The number of hydrogen-bond acceptors (Lipinski definition) is 5. The molecule has 1 aromatic heterocycles. The van der Waals surface area contributed by atoms with Crippen molar-refractivity contribution in [2.45, 2.75) is 38.0 Å². The first kappa shape index (κ1) is 29.4. The van der Waals surface area contributed by atoms with E-state index in [2.05, 4.69) is 34.9 Å². The van der Waals surface area contributed by atoms with Crippen molar-refractivity contribution in [3.8, 4) is 11.1 Å². The molecule has 0 spiro atoms. The molecular formula is C36H33N3O4Se. The Bertz CT molecular complexity index is 1680. The topological polar surface area (TPSA) is 89.6 Å². The first-order valence-electron chi connectivity index (χ1n) is 14.6. The molecule has 0 fully saturated rings. The molecule has 44 heavy (non-hydrogen) atoms. The normalized spacial score (nSPS) is 13.3. The number of carbonyl (C=O) groups excluding carboxylic acids is 2. The molecule has 6 rings (SSSR count). The van der Waals surface area contributed by atoms with E-state index >= 15 is 0 Å². The molecule has 222 valence electrons. The van der Waals surface area contributed by atoms with Gasteiger partial charge in [-0.05, 0) is 0 Å². The number of hydrogen-bond donors (Lipinski definition) is 2. The summed E-state index contributed by atoms with van der Waals surface area (Å²) in [5, 5.41) is 5.97. The first-order chi connectivity index (χ1) is 21.5. The fourth-order valence-corrected chi connectivity index (χ4v) is 7.53. The van der Waals surface area contributed by atoms with Gasteiger partial charge in [0.2, 0.25) is 0 Å². The second-order valence-corrected chi connectivity index (χ2v) is 12.6. The van der Waals surface area contributed by atoms with E-state index in [0.717, 1.165) is 21.4 Å². The van der Waals surface area contributed by atoms with Crippen molar-refractivity contribution in [2.24, 2.45) is 0 Å².